The van der Waals surface area contributed by atoms with Gasteiger partial charge in [-0.3, -0.25) is 4.98 Å². The fraction of sp³-hybridized carbons (Fsp3) is 0.333. The summed E-state index contributed by atoms with van der Waals surface area (Å²) in [5.74, 6) is 0.834. The summed E-state index contributed by atoms with van der Waals surface area (Å²) < 4.78 is 0. The van der Waals surface area contributed by atoms with E-state index in [1.165, 1.54) is 11.1 Å². The molecule has 0 unspecified atom stereocenters. The molecule has 0 radical (unpaired) electrons. The van der Waals surface area contributed by atoms with Crippen molar-refractivity contribution in [2.45, 2.75) is 42.1 Å². The first-order valence-electron chi connectivity index (χ1n) is 10.8. The fourth-order valence-corrected chi connectivity index (χ4v) is 5.78. The van der Waals surface area contributed by atoms with Gasteiger partial charge in [-0.25, -0.2) is 9.97 Å². The summed E-state index contributed by atoms with van der Waals surface area (Å²) in [6, 6.07) is 12.5. The minimum absolute atomic E-state index is 0.0701. The minimum Gasteiger partial charge on any atom is -0.342 e. The fourth-order valence-electron chi connectivity index (χ4n) is 4.97. The smallest absolute Gasteiger partial charge is 0.206 e. The molecule has 0 amide bonds. The van der Waals surface area contributed by atoms with Crippen molar-refractivity contribution < 1.29 is 0 Å². The highest BCUT2D eigenvalue weighted by Crippen LogP contribution is 2.50. The zero-order valence-corrected chi connectivity index (χ0v) is 18.6. The lowest BCUT2D eigenvalue weighted by Gasteiger charge is -2.42. The van der Waals surface area contributed by atoms with Gasteiger partial charge in [0.15, 0.2) is 11.3 Å². The van der Waals surface area contributed by atoms with Crippen LogP contribution in [0.15, 0.2) is 46.7 Å². The number of hydrogen-bond donors (Lipinski definition) is 2. The Bertz CT molecular complexity index is 1290. The first-order chi connectivity index (χ1) is 15.6. The molecule has 1 fully saturated rings. The molecular weight excluding hydrogens is 418 g/mol. The Hall–Kier alpha value is -3.15. The molecule has 4 aromatic rings. The number of H-pyrrole nitrogens is 1. The predicted octanol–water partition coefficient (Wildman–Crippen LogP) is 3.65. The van der Waals surface area contributed by atoms with Crippen molar-refractivity contribution in [1.82, 2.24) is 24.9 Å². The summed E-state index contributed by atoms with van der Waals surface area (Å²) in [4.78, 5) is 24.9. The van der Waals surface area contributed by atoms with E-state index in [0.717, 1.165) is 53.8 Å². The molecule has 1 spiro atoms. The van der Waals surface area contributed by atoms with E-state index in [9.17, 15) is 0 Å². The van der Waals surface area contributed by atoms with Gasteiger partial charge in [0.1, 0.15) is 5.03 Å². The molecule has 160 valence electrons. The number of fused-ring (bicyclic) bond motifs is 2. The Morgan fingerprint density at radius 3 is 2.91 bits per heavy atom. The van der Waals surface area contributed by atoms with Gasteiger partial charge >= 0.3 is 0 Å². The van der Waals surface area contributed by atoms with Gasteiger partial charge in [-0.05, 0) is 60.9 Å². The van der Waals surface area contributed by atoms with Gasteiger partial charge < -0.3 is 15.6 Å². The Balaban J connectivity index is 1.19. The van der Waals surface area contributed by atoms with Gasteiger partial charge in [0, 0.05) is 42.0 Å². The normalized spacial score (nSPS) is 19.3. The molecule has 3 aromatic heterocycles. The molecule has 8 heteroatoms. The first kappa shape index (κ1) is 19.5. The number of aromatic nitrogens is 5. The van der Waals surface area contributed by atoms with Crippen LogP contribution in [0.3, 0.4) is 0 Å². The van der Waals surface area contributed by atoms with Crippen molar-refractivity contribution in [3.05, 3.63) is 65.6 Å². The number of nitrogens with two attached hydrogens (primary N) is 1. The molecule has 4 heterocycles. The molecule has 0 bridgehead atoms. The SMILES string of the molecule is Cc1cnccc1Sc1cnc2nc(N3CCC4(CC3)Cc3c#cccc3[C@H]4N)[nH]c2n1. The maximum Gasteiger partial charge on any atom is 0.206 e. The van der Waals surface area contributed by atoms with Crippen LogP contribution < -0.4 is 10.6 Å². The maximum atomic E-state index is 6.69. The third-order valence-corrected chi connectivity index (χ3v) is 7.94. The molecule has 1 saturated heterocycles. The van der Waals surface area contributed by atoms with Crippen LogP contribution in [0, 0.1) is 24.5 Å². The number of imidazole rings is 1. The number of aryl methyl sites for hydroxylation is 1. The number of nitrogens with zero attached hydrogens (tertiary/aromatic N) is 5. The second-order valence-electron chi connectivity index (χ2n) is 8.72. The monoisotopic (exact) mass is 441 g/mol. The zero-order valence-electron chi connectivity index (χ0n) is 17.8. The van der Waals surface area contributed by atoms with E-state index >= 15 is 0 Å². The van der Waals surface area contributed by atoms with Crippen LogP contribution in [-0.4, -0.2) is 38.0 Å². The van der Waals surface area contributed by atoms with Gasteiger partial charge in [-0.2, -0.15) is 4.98 Å². The van der Waals surface area contributed by atoms with Gasteiger partial charge in [-0.1, -0.05) is 23.9 Å². The average molecular weight is 442 g/mol. The number of rotatable bonds is 3. The quantitative estimate of drug-likeness (QED) is 0.501. The van der Waals surface area contributed by atoms with Crippen LogP contribution in [0.2, 0.25) is 0 Å². The van der Waals surface area contributed by atoms with Gasteiger partial charge in [0.2, 0.25) is 5.95 Å². The summed E-state index contributed by atoms with van der Waals surface area (Å²) in [6.45, 7) is 3.86. The molecule has 0 saturated carbocycles. The van der Waals surface area contributed by atoms with E-state index in [4.69, 9.17) is 15.7 Å². The highest BCUT2D eigenvalue weighted by Gasteiger charge is 2.46. The van der Waals surface area contributed by atoms with Crippen LogP contribution in [0.4, 0.5) is 5.95 Å². The predicted molar refractivity (Wildman–Crippen MR) is 123 cm³/mol. The van der Waals surface area contributed by atoms with Crippen molar-refractivity contribution in [2.24, 2.45) is 11.1 Å². The Labute approximate surface area is 190 Å². The largest absolute Gasteiger partial charge is 0.342 e. The minimum atomic E-state index is 0.0701. The summed E-state index contributed by atoms with van der Waals surface area (Å²) in [7, 11) is 0. The second-order valence-corrected chi connectivity index (χ2v) is 9.79. The summed E-state index contributed by atoms with van der Waals surface area (Å²) >= 11 is 1.59. The molecular formula is C24H23N7S. The molecule has 1 aromatic carbocycles. The Morgan fingerprint density at radius 2 is 2.09 bits per heavy atom. The average Bonchev–Trinajstić information content (AvgIpc) is 3.35. The molecule has 7 nitrogen and oxygen atoms in total. The van der Waals surface area contributed by atoms with Crippen LogP contribution in [-0.2, 0) is 6.42 Å². The van der Waals surface area contributed by atoms with Crippen molar-refractivity contribution in [3.8, 4) is 0 Å². The molecule has 6 rings (SSSR count). The highest BCUT2D eigenvalue weighted by molar-refractivity contribution is 7.99. The van der Waals surface area contributed by atoms with Crippen molar-refractivity contribution in [2.75, 3.05) is 18.0 Å². The van der Waals surface area contributed by atoms with Crippen LogP contribution in [0.25, 0.3) is 11.3 Å². The lowest BCUT2D eigenvalue weighted by molar-refractivity contribution is 0.187. The van der Waals surface area contributed by atoms with Crippen molar-refractivity contribution in [1.29, 1.82) is 0 Å². The summed E-state index contributed by atoms with van der Waals surface area (Å²) in [5, 5.41) is 0.836. The third kappa shape index (κ3) is 3.20. The summed E-state index contributed by atoms with van der Waals surface area (Å²) in [6.07, 6.45) is 8.48. The van der Waals surface area contributed by atoms with E-state index in [2.05, 4.69) is 38.1 Å². The molecule has 32 heavy (non-hydrogen) atoms. The highest BCUT2D eigenvalue weighted by atomic mass is 32.2. The maximum absolute atomic E-state index is 6.69. The van der Waals surface area contributed by atoms with E-state index in [1.54, 1.807) is 24.2 Å². The van der Waals surface area contributed by atoms with Crippen LogP contribution >= 0.6 is 11.8 Å². The van der Waals surface area contributed by atoms with Gasteiger partial charge in [0.05, 0.1) is 6.20 Å². The lowest BCUT2D eigenvalue weighted by Crippen LogP contribution is -2.44. The van der Waals surface area contributed by atoms with Gasteiger partial charge in [0.25, 0.3) is 0 Å². The third-order valence-electron chi connectivity index (χ3n) is 6.86. The number of pyridine rings is 1. The lowest BCUT2D eigenvalue weighted by atomic mass is 9.73. The molecule has 3 N–H and O–H groups in total. The Kier molecular flexibility index (Phi) is 4.56. The number of piperidine rings is 1. The molecule has 1 atom stereocenters. The van der Waals surface area contributed by atoms with Crippen LogP contribution in [0.5, 0.6) is 0 Å². The van der Waals surface area contributed by atoms with E-state index in [1.807, 2.05) is 25.3 Å². The first-order valence-corrected chi connectivity index (χ1v) is 11.7. The van der Waals surface area contributed by atoms with Crippen LogP contribution in [0.1, 0.15) is 35.6 Å². The topological polar surface area (TPSA) is 96.6 Å². The molecule has 1 aliphatic carbocycles. The number of nitrogens with one attached hydrogen (secondary N) is 1. The number of aromatic amines is 1. The van der Waals surface area contributed by atoms with E-state index in [0.29, 0.717) is 11.3 Å². The number of hydrogen-bond acceptors (Lipinski definition) is 7. The summed E-state index contributed by atoms with van der Waals surface area (Å²) in [5.41, 5.74) is 11.8. The zero-order chi connectivity index (χ0) is 21.7. The van der Waals surface area contributed by atoms with E-state index < -0.39 is 0 Å². The van der Waals surface area contributed by atoms with Crippen molar-refractivity contribution in [3.63, 3.8) is 0 Å². The molecule has 2 aliphatic rings. The number of anilines is 1. The Morgan fingerprint density at radius 1 is 1.22 bits per heavy atom. The van der Waals surface area contributed by atoms with Crippen molar-refractivity contribution >= 4 is 29.0 Å². The standard InChI is InChI=1S/C24H23N7S/c1-15-13-26-9-6-18(15)32-19-14-27-21-22(28-19)30-23(29-21)31-10-7-24(8-11-31)12-16-4-2-3-5-17(16)20(24)25/h3,5-6,9,13-14,20H,7-8,10-12,25H2,1H3,(H,27,28,29,30)/t20-/m1/s1. The molecule has 1 aliphatic heterocycles. The van der Waals surface area contributed by atoms with Gasteiger partial charge in [-0.15, -0.1) is 0 Å². The van der Waals surface area contributed by atoms with E-state index in [-0.39, 0.29) is 11.5 Å². The second kappa shape index (κ2) is 7.47.